The summed E-state index contributed by atoms with van der Waals surface area (Å²) in [6, 6.07) is 0.618. The fraction of sp³-hybridized carbons (Fsp3) is 0.857. The summed E-state index contributed by atoms with van der Waals surface area (Å²) >= 11 is 0. The highest BCUT2D eigenvalue weighted by molar-refractivity contribution is 5.78. The molecule has 106 valence electrons. The third-order valence-electron chi connectivity index (χ3n) is 4.91. The first-order valence-electron chi connectivity index (χ1n) is 7.37. The van der Waals surface area contributed by atoms with Gasteiger partial charge < -0.3 is 15.3 Å². The van der Waals surface area contributed by atoms with Crippen LogP contribution in [0.1, 0.15) is 38.5 Å². The van der Waals surface area contributed by atoms with Gasteiger partial charge in [-0.2, -0.15) is 0 Å². The van der Waals surface area contributed by atoms with Gasteiger partial charge in [-0.25, -0.2) is 0 Å². The van der Waals surface area contributed by atoms with Crippen LogP contribution in [-0.2, 0) is 9.59 Å². The van der Waals surface area contributed by atoms with Crippen molar-refractivity contribution in [1.29, 1.82) is 0 Å². The lowest BCUT2D eigenvalue weighted by Crippen LogP contribution is -2.50. The molecule has 3 rings (SSSR count). The Balaban J connectivity index is 1.59. The Hall–Kier alpha value is -1.10. The number of nitrogens with one attached hydrogen (secondary N) is 1. The lowest BCUT2D eigenvalue weighted by molar-refractivity contribution is -0.140. The summed E-state index contributed by atoms with van der Waals surface area (Å²) in [6.45, 7) is 1.94. The second kappa shape index (κ2) is 5.12. The summed E-state index contributed by atoms with van der Waals surface area (Å²) in [5.74, 6) is 0.380. The Labute approximate surface area is 113 Å². The molecule has 2 unspecified atom stereocenters. The maximum absolute atomic E-state index is 12.4. The maximum atomic E-state index is 12.4. The molecule has 3 aliphatic rings. The van der Waals surface area contributed by atoms with Crippen molar-refractivity contribution in [2.45, 2.75) is 50.6 Å². The quantitative estimate of drug-likeness (QED) is 0.791. The standard InChI is InChI=1S/C14H22N2O3/c17-13(5-10-7-15-8-10)16-11-1-2-12(16)4-9(3-11)6-14(18)19/h9-12,15H,1-8H2,(H,18,19). The van der Waals surface area contributed by atoms with Crippen molar-refractivity contribution in [1.82, 2.24) is 10.2 Å². The number of carbonyl (C=O) groups is 2. The molecule has 5 nitrogen and oxygen atoms in total. The molecular formula is C14H22N2O3. The minimum Gasteiger partial charge on any atom is -0.481 e. The molecule has 2 bridgehead atoms. The molecule has 0 aromatic heterocycles. The van der Waals surface area contributed by atoms with Gasteiger partial charge >= 0.3 is 5.97 Å². The first-order chi connectivity index (χ1) is 9.13. The molecule has 3 aliphatic heterocycles. The minimum absolute atomic E-state index is 0.265. The predicted molar refractivity (Wildman–Crippen MR) is 69.6 cm³/mol. The summed E-state index contributed by atoms with van der Waals surface area (Å²) in [4.78, 5) is 25.3. The van der Waals surface area contributed by atoms with Crippen molar-refractivity contribution in [3.8, 4) is 0 Å². The van der Waals surface area contributed by atoms with E-state index in [9.17, 15) is 9.59 Å². The van der Waals surface area contributed by atoms with Crippen molar-refractivity contribution in [3.05, 3.63) is 0 Å². The molecule has 0 aliphatic carbocycles. The Morgan fingerprint density at radius 3 is 2.16 bits per heavy atom. The highest BCUT2D eigenvalue weighted by Crippen LogP contribution is 2.40. The minimum atomic E-state index is -0.704. The van der Waals surface area contributed by atoms with Crippen LogP contribution in [0, 0.1) is 11.8 Å². The van der Waals surface area contributed by atoms with Gasteiger partial charge in [-0.15, -0.1) is 0 Å². The van der Waals surface area contributed by atoms with Gasteiger partial charge in [0, 0.05) is 24.9 Å². The van der Waals surface area contributed by atoms with Gasteiger partial charge in [0.15, 0.2) is 0 Å². The number of fused-ring (bicyclic) bond motifs is 2. The zero-order chi connectivity index (χ0) is 13.4. The lowest BCUT2D eigenvalue weighted by Gasteiger charge is -2.40. The monoisotopic (exact) mass is 266 g/mol. The van der Waals surface area contributed by atoms with Gasteiger partial charge in [0.2, 0.25) is 5.91 Å². The van der Waals surface area contributed by atoms with Gasteiger partial charge in [0.05, 0.1) is 0 Å². The van der Waals surface area contributed by atoms with Crippen LogP contribution in [0.25, 0.3) is 0 Å². The van der Waals surface area contributed by atoms with E-state index in [1.54, 1.807) is 0 Å². The van der Waals surface area contributed by atoms with Crippen LogP contribution in [0.4, 0.5) is 0 Å². The third kappa shape index (κ3) is 2.61. The van der Waals surface area contributed by atoms with Crippen molar-refractivity contribution in [2.75, 3.05) is 13.1 Å². The molecule has 3 saturated heterocycles. The average molecular weight is 266 g/mol. The number of piperidine rings is 1. The lowest BCUT2D eigenvalue weighted by atomic mass is 9.87. The molecular weight excluding hydrogens is 244 g/mol. The number of carboxylic acids is 1. The topological polar surface area (TPSA) is 69.6 Å². The van der Waals surface area contributed by atoms with E-state index in [1.165, 1.54) is 0 Å². The van der Waals surface area contributed by atoms with Gasteiger partial charge in [-0.3, -0.25) is 9.59 Å². The van der Waals surface area contributed by atoms with E-state index in [0.29, 0.717) is 30.3 Å². The molecule has 2 N–H and O–H groups in total. The van der Waals surface area contributed by atoms with Crippen LogP contribution in [0.15, 0.2) is 0 Å². The summed E-state index contributed by atoms with van der Waals surface area (Å²) in [5, 5.41) is 12.1. The van der Waals surface area contributed by atoms with E-state index in [-0.39, 0.29) is 12.3 Å². The summed E-state index contributed by atoms with van der Waals surface area (Å²) < 4.78 is 0. The van der Waals surface area contributed by atoms with Crippen molar-refractivity contribution in [3.63, 3.8) is 0 Å². The van der Waals surface area contributed by atoms with Gasteiger partial charge in [0.1, 0.15) is 0 Å². The molecule has 3 heterocycles. The molecule has 0 aromatic rings. The molecule has 0 saturated carbocycles. The van der Waals surface area contributed by atoms with E-state index in [1.807, 2.05) is 0 Å². The number of nitrogens with zero attached hydrogens (tertiary/aromatic N) is 1. The third-order valence-corrected chi connectivity index (χ3v) is 4.91. The zero-order valence-corrected chi connectivity index (χ0v) is 11.2. The summed E-state index contributed by atoms with van der Waals surface area (Å²) in [6.07, 6.45) is 4.84. The normalized spacial score (nSPS) is 34.1. The molecule has 19 heavy (non-hydrogen) atoms. The first kappa shape index (κ1) is 12.9. The fourth-order valence-electron chi connectivity index (χ4n) is 3.96. The molecule has 0 radical (unpaired) electrons. The van der Waals surface area contributed by atoms with Crippen LogP contribution in [0.3, 0.4) is 0 Å². The van der Waals surface area contributed by atoms with E-state index < -0.39 is 5.97 Å². The molecule has 2 atom stereocenters. The number of amides is 1. The van der Waals surface area contributed by atoms with Crippen molar-refractivity contribution in [2.24, 2.45) is 11.8 Å². The van der Waals surface area contributed by atoms with Gasteiger partial charge in [-0.1, -0.05) is 0 Å². The molecule has 0 spiro atoms. The number of carboxylic acid groups (broad SMARTS) is 1. The Morgan fingerprint density at radius 1 is 1.05 bits per heavy atom. The maximum Gasteiger partial charge on any atom is 0.303 e. The van der Waals surface area contributed by atoms with E-state index in [0.717, 1.165) is 38.8 Å². The van der Waals surface area contributed by atoms with Crippen molar-refractivity contribution < 1.29 is 14.7 Å². The smallest absolute Gasteiger partial charge is 0.303 e. The van der Waals surface area contributed by atoms with Crippen LogP contribution in [0.2, 0.25) is 0 Å². The molecule has 0 aromatic carbocycles. The van der Waals surface area contributed by atoms with Gasteiger partial charge in [0.25, 0.3) is 0 Å². The fourth-order valence-corrected chi connectivity index (χ4v) is 3.96. The largest absolute Gasteiger partial charge is 0.481 e. The number of hydrogen-bond acceptors (Lipinski definition) is 3. The second-order valence-corrected chi connectivity index (χ2v) is 6.35. The predicted octanol–water partition coefficient (Wildman–Crippen LogP) is 0.840. The second-order valence-electron chi connectivity index (χ2n) is 6.35. The average Bonchev–Trinajstić information content (AvgIpc) is 2.55. The molecule has 5 heteroatoms. The Bertz CT molecular complexity index is 367. The van der Waals surface area contributed by atoms with Crippen LogP contribution in [0.5, 0.6) is 0 Å². The van der Waals surface area contributed by atoms with Crippen LogP contribution >= 0.6 is 0 Å². The Kier molecular flexibility index (Phi) is 3.48. The SMILES string of the molecule is O=C(O)CC1CC2CCC(C1)N2C(=O)CC1CNC1. The van der Waals surface area contributed by atoms with E-state index in [4.69, 9.17) is 5.11 Å². The number of aliphatic carboxylic acids is 1. The summed E-state index contributed by atoms with van der Waals surface area (Å²) in [7, 11) is 0. The van der Waals surface area contributed by atoms with Crippen molar-refractivity contribution >= 4 is 11.9 Å². The first-order valence-corrected chi connectivity index (χ1v) is 7.37. The van der Waals surface area contributed by atoms with Crippen LogP contribution < -0.4 is 5.32 Å². The Morgan fingerprint density at radius 2 is 1.68 bits per heavy atom. The van der Waals surface area contributed by atoms with E-state index >= 15 is 0 Å². The zero-order valence-electron chi connectivity index (χ0n) is 11.2. The number of carbonyl (C=O) groups excluding carboxylic acids is 1. The molecule has 1 amide bonds. The number of hydrogen-bond donors (Lipinski definition) is 2. The molecule has 3 fully saturated rings. The van der Waals surface area contributed by atoms with Gasteiger partial charge in [-0.05, 0) is 50.6 Å². The van der Waals surface area contributed by atoms with Crippen LogP contribution in [-0.4, -0.2) is 47.1 Å². The summed E-state index contributed by atoms with van der Waals surface area (Å²) in [5.41, 5.74) is 0. The highest BCUT2D eigenvalue weighted by atomic mass is 16.4. The number of rotatable bonds is 4. The van der Waals surface area contributed by atoms with E-state index in [2.05, 4.69) is 10.2 Å². The highest BCUT2D eigenvalue weighted by Gasteiger charge is 2.43.